The van der Waals surface area contributed by atoms with Crippen molar-refractivity contribution in [2.75, 3.05) is 4.90 Å². The highest BCUT2D eigenvalue weighted by Crippen LogP contribution is 2.38. The molecule has 0 aliphatic heterocycles. The van der Waals surface area contributed by atoms with E-state index in [1.807, 2.05) is 66.7 Å². The molecule has 0 amide bonds. The van der Waals surface area contributed by atoms with Crippen molar-refractivity contribution in [2.24, 2.45) is 0 Å². The molecule has 0 aliphatic rings. The molecule has 3 nitrogen and oxygen atoms in total. The fourth-order valence-electron chi connectivity index (χ4n) is 4.16. The number of hydrogen-bond donors (Lipinski definition) is 2. The van der Waals surface area contributed by atoms with Crippen molar-refractivity contribution in [3.63, 3.8) is 0 Å². The van der Waals surface area contributed by atoms with Crippen LogP contribution in [0, 0.1) is 0 Å². The average molecular weight is 415 g/mol. The highest BCUT2D eigenvalue weighted by atomic mass is 16.4. The summed E-state index contributed by atoms with van der Waals surface area (Å²) in [5.41, 5.74) is 5.87. The number of nitrogens with zero attached hydrogens (tertiary/aromatic N) is 1. The Kier molecular flexibility index (Phi) is 5.47. The summed E-state index contributed by atoms with van der Waals surface area (Å²) in [6.07, 6.45) is 0. The monoisotopic (exact) mass is 415 g/mol. The van der Waals surface area contributed by atoms with Crippen molar-refractivity contribution < 1.29 is 10.0 Å². The molecule has 0 unspecified atom stereocenters. The number of rotatable bonds is 5. The van der Waals surface area contributed by atoms with Gasteiger partial charge in [-0.25, -0.2) is 0 Å². The third kappa shape index (κ3) is 3.78. The molecule has 0 aromatic heterocycles. The summed E-state index contributed by atoms with van der Waals surface area (Å²) in [5.74, 6) is 0. The Morgan fingerprint density at radius 1 is 0.469 bits per heavy atom. The zero-order valence-electron chi connectivity index (χ0n) is 17.5. The molecule has 0 fully saturated rings. The van der Waals surface area contributed by atoms with Crippen LogP contribution in [0.1, 0.15) is 0 Å². The van der Waals surface area contributed by atoms with Crippen molar-refractivity contribution in [1.82, 2.24) is 0 Å². The zero-order valence-corrected chi connectivity index (χ0v) is 17.5. The van der Waals surface area contributed by atoms with Gasteiger partial charge < -0.3 is 14.9 Å². The maximum absolute atomic E-state index is 9.87. The predicted molar refractivity (Wildman–Crippen MR) is 134 cm³/mol. The van der Waals surface area contributed by atoms with E-state index in [0.717, 1.165) is 33.4 Å². The highest BCUT2D eigenvalue weighted by molar-refractivity contribution is 6.62. The standard InChI is InChI=1S/C28H22BNO2/c31-29(32)27-19-20-28(26-14-8-7-13-25(26)27)30(23-11-5-2-6-12-23)24-17-15-22(16-18-24)21-9-3-1-4-10-21/h1-20,31-32H. The molecule has 0 aliphatic carbocycles. The minimum Gasteiger partial charge on any atom is -0.423 e. The van der Waals surface area contributed by atoms with Crippen molar-refractivity contribution in [1.29, 1.82) is 0 Å². The molecule has 2 N–H and O–H groups in total. The first-order chi connectivity index (χ1) is 15.7. The first-order valence-electron chi connectivity index (χ1n) is 10.6. The lowest BCUT2D eigenvalue weighted by Gasteiger charge is -2.27. The Labute approximate surface area is 188 Å². The third-order valence-corrected chi connectivity index (χ3v) is 5.70. The van der Waals surface area contributed by atoms with E-state index in [-0.39, 0.29) is 0 Å². The molecule has 0 radical (unpaired) electrons. The van der Waals surface area contributed by atoms with Crippen molar-refractivity contribution in [2.45, 2.75) is 0 Å². The van der Waals surface area contributed by atoms with Gasteiger partial charge in [0, 0.05) is 16.8 Å². The Bertz CT molecular complexity index is 1340. The molecule has 0 heterocycles. The van der Waals surface area contributed by atoms with Crippen molar-refractivity contribution in [3.05, 3.63) is 121 Å². The normalized spacial score (nSPS) is 10.8. The van der Waals surface area contributed by atoms with Gasteiger partial charge in [0.2, 0.25) is 0 Å². The van der Waals surface area contributed by atoms with Crippen LogP contribution >= 0.6 is 0 Å². The topological polar surface area (TPSA) is 43.7 Å². The van der Waals surface area contributed by atoms with E-state index in [9.17, 15) is 10.0 Å². The summed E-state index contributed by atoms with van der Waals surface area (Å²) < 4.78 is 0. The fourth-order valence-corrected chi connectivity index (χ4v) is 4.16. The van der Waals surface area contributed by atoms with Gasteiger partial charge in [-0.3, -0.25) is 0 Å². The summed E-state index contributed by atoms with van der Waals surface area (Å²) in [6, 6.07) is 40.6. The molecule has 4 heteroatoms. The van der Waals surface area contributed by atoms with Gasteiger partial charge in [-0.2, -0.15) is 0 Å². The Hall–Kier alpha value is -3.86. The first-order valence-corrected chi connectivity index (χ1v) is 10.6. The van der Waals surface area contributed by atoms with Crippen LogP contribution < -0.4 is 10.4 Å². The Balaban J connectivity index is 1.68. The van der Waals surface area contributed by atoms with Crippen LogP contribution in [-0.4, -0.2) is 17.2 Å². The van der Waals surface area contributed by atoms with Gasteiger partial charge in [0.1, 0.15) is 0 Å². The minimum atomic E-state index is -1.52. The molecule has 0 bridgehead atoms. The van der Waals surface area contributed by atoms with E-state index in [2.05, 4.69) is 53.4 Å². The van der Waals surface area contributed by atoms with Crippen molar-refractivity contribution in [3.8, 4) is 11.1 Å². The lowest BCUT2D eigenvalue weighted by molar-refractivity contribution is 0.426. The second-order valence-electron chi connectivity index (χ2n) is 7.68. The Morgan fingerprint density at radius 2 is 1.00 bits per heavy atom. The van der Waals surface area contributed by atoms with E-state index < -0.39 is 7.12 Å². The van der Waals surface area contributed by atoms with Gasteiger partial charge in [-0.15, -0.1) is 0 Å². The molecular weight excluding hydrogens is 393 g/mol. The molecule has 0 saturated heterocycles. The van der Waals surface area contributed by atoms with Gasteiger partial charge in [-0.1, -0.05) is 91.0 Å². The van der Waals surface area contributed by atoms with Gasteiger partial charge in [-0.05, 0) is 52.3 Å². The van der Waals surface area contributed by atoms with Crippen molar-refractivity contribution >= 4 is 40.4 Å². The predicted octanol–water partition coefficient (Wildman–Crippen LogP) is 5.66. The molecular formula is C28H22BNO2. The van der Waals surface area contributed by atoms with E-state index >= 15 is 0 Å². The maximum Gasteiger partial charge on any atom is 0.489 e. The van der Waals surface area contributed by atoms with E-state index in [1.165, 1.54) is 5.56 Å². The van der Waals surface area contributed by atoms with Gasteiger partial charge >= 0.3 is 7.12 Å². The van der Waals surface area contributed by atoms with Gasteiger partial charge in [0.15, 0.2) is 0 Å². The highest BCUT2D eigenvalue weighted by Gasteiger charge is 2.20. The second-order valence-corrected chi connectivity index (χ2v) is 7.68. The second kappa shape index (κ2) is 8.71. The van der Waals surface area contributed by atoms with Crippen LogP contribution in [0.2, 0.25) is 0 Å². The van der Waals surface area contributed by atoms with Gasteiger partial charge in [0.25, 0.3) is 0 Å². The number of benzene rings is 5. The van der Waals surface area contributed by atoms with E-state index in [1.54, 1.807) is 6.07 Å². The molecule has 154 valence electrons. The summed E-state index contributed by atoms with van der Waals surface area (Å²) in [7, 11) is -1.52. The van der Waals surface area contributed by atoms with Crippen LogP contribution in [0.15, 0.2) is 121 Å². The average Bonchev–Trinajstić information content (AvgIpc) is 2.86. The third-order valence-electron chi connectivity index (χ3n) is 5.70. The lowest BCUT2D eigenvalue weighted by atomic mass is 9.77. The Morgan fingerprint density at radius 3 is 1.66 bits per heavy atom. The molecule has 32 heavy (non-hydrogen) atoms. The quantitative estimate of drug-likeness (QED) is 0.364. The number of fused-ring (bicyclic) bond motifs is 1. The smallest absolute Gasteiger partial charge is 0.423 e. The number of para-hydroxylation sites is 1. The fraction of sp³-hybridized carbons (Fsp3) is 0. The molecule has 0 saturated carbocycles. The summed E-state index contributed by atoms with van der Waals surface area (Å²) in [5, 5.41) is 21.5. The molecule has 5 aromatic rings. The summed E-state index contributed by atoms with van der Waals surface area (Å²) in [6.45, 7) is 0. The van der Waals surface area contributed by atoms with Gasteiger partial charge in [0.05, 0.1) is 5.69 Å². The van der Waals surface area contributed by atoms with E-state index in [4.69, 9.17) is 0 Å². The largest absolute Gasteiger partial charge is 0.489 e. The minimum absolute atomic E-state index is 0.497. The molecule has 0 spiro atoms. The summed E-state index contributed by atoms with van der Waals surface area (Å²) >= 11 is 0. The molecule has 5 rings (SSSR count). The van der Waals surface area contributed by atoms with Crippen LogP contribution in [0.4, 0.5) is 17.1 Å². The molecule has 0 atom stereocenters. The zero-order chi connectivity index (χ0) is 21.9. The number of anilines is 3. The summed E-state index contributed by atoms with van der Waals surface area (Å²) in [4.78, 5) is 2.20. The first kappa shape index (κ1) is 20.1. The molecule has 5 aromatic carbocycles. The number of hydrogen-bond acceptors (Lipinski definition) is 3. The van der Waals surface area contributed by atoms with Crippen LogP contribution in [0.3, 0.4) is 0 Å². The maximum atomic E-state index is 9.87. The lowest BCUT2D eigenvalue weighted by Crippen LogP contribution is -2.30. The van der Waals surface area contributed by atoms with E-state index in [0.29, 0.717) is 5.46 Å². The van der Waals surface area contributed by atoms with Crippen LogP contribution in [0.25, 0.3) is 21.9 Å². The van der Waals surface area contributed by atoms with Crippen LogP contribution in [0.5, 0.6) is 0 Å². The van der Waals surface area contributed by atoms with Crippen LogP contribution in [-0.2, 0) is 0 Å². The SMILES string of the molecule is OB(O)c1ccc(N(c2ccccc2)c2ccc(-c3ccccc3)cc2)c2ccccc12.